The summed E-state index contributed by atoms with van der Waals surface area (Å²) in [5, 5.41) is 20.7. The van der Waals surface area contributed by atoms with Crippen molar-refractivity contribution in [1.29, 1.82) is 0 Å². The number of aryl methyl sites for hydroxylation is 1. The highest BCUT2D eigenvalue weighted by molar-refractivity contribution is 9.10. The van der Waals surface area contributed by atoms with Crippen molar-refractivity contribution in [3.63, 3.8) is 0 Å². The topological polar surface area (TPSA) is 83.4 Å². The summed E-state index contributed by atoms with van der Waals surface area (Å²) < 4.78 is 1.49. The third kappa shape index (κ3) is 5.36. The number of thioether (sulfide) groups is 1. The van der Waals surface area contributed by atoms with Crippen LogP contribution in [0.2, 0.25) is 5.02 Å². The molecule has 1 fully saturated rings. The molecule has 37 heavy (non-hydrogen) atoms. The molecule has 3 aromatic carbocycles. The number of aliphatic hydroxyl groups excluding tert-OH is 1. The lowest BCUT2D eigenvalue weighted by Crippen LogP contribution is -2.29. The number of carbonyl (C=O) groups excluding carboxylic acids is 2. The molecule has 1 aromatic heterocycles. The van der Waals surface area contributed by atoms with E-state index in [-0.39, 0.29) is 11.3 Å². The van der Waals surface area contributed by atoms with Crippen LogP contribution in [0.5, 0.6) is 0 Å². The summed E-state index contributed by atoms with van der Waals surface area (Å²) in [6.45, 7) is 1.96. The summed E-state index contributed by atoms with van der Waals surface area (Å²) >= 11 is 12.1. The van der Waals surface area contributed by atoms with E-state index < -0.39 is 17.7 Å². The van der Waals surface area contributed by atoms with Gasteiger partial charge in [-0.2, -0.15) is 0 Å². The van der Waals surface area contributed by atoms with Crippen LogP contribution in [-0.4, -0.2) is 27.0 Å². The normalized spacial score (nSPS) is 16.9. The van der Waals surface area contributed by atoms with Crippen molar-refractivity contribution in [3.05, 3.63) is 110 Å². The molecule has 1 saturated heterocycles. The fourth-order valence-electron chi connectivity index (χ4n) is 3.94. The first kappa shape index (κ1) is 25.7. The van der Waals surface area contributed by atoms with Crippen LogP contribution in [-0.2, 0) is 15.3 Å². The summed E-state index contributed by atoms with van der Waals surface area (Å²) in [6, 6.07) is 21.1. The van der Waals surface area contributed by atoms with Gasteiger partial charge in [0.15, 0.2) is 4.34 Å². The van der Waals surface area contributed by atoms with E-state index in [0.29, 0.717) is 31.4 Å². The molecule has 1 aliphatic rings. The van der Waals surface area contributed by atoms with Crippen LogP contribution in [0.15, 0.2) is 87.2 Å². The lowest BCUT2D eigenvalue weighted by molar-refractivity contribution is -0.132. The number of ketones is 1. The maximum atomic E-state index is 13.3. The Balaban J connectivity index is 1.53. The monoisotopic (exact) mass is 611 g/mol. The van der Waals surface area contributed by atoms with E-state index in [1.54, 1.807) is 24.3 Å². The van der Waals surface area contributed by atoms with Gasteiger partial charge in [-0.3, -0.25) is 14.5 Å². The number of anilines is 1. The van der Waals surface area contributed by atoms with Gasteiger partial charge >= 0.3 is 5.91 Å². The molecule has 0 radical (unpaired) electrons. The standard InChI is InChI=1S/C27H19BrClN3O3S2/c1-15-2-6-17(7-3-15)22-21(23(33)18-8-10-19(28)11-9-18)24(34)25(35)32(22)26-30-31-27(37-26)36-14-16-4-12-20(29)13-5-16/h2-13,22,33H,14H2,1H3/b23-21-. The zero-order valence-corrected chi connectivity index (χ0v) is 23.4. The predicted molar refractivity (Wildman–Crippen MR) is 151 cm³/mol. The molecule has 0 aliphatic carbocycles. The average molecular weight is 613 g/mol. The summed E-state index contributed by atoms with van der Waals surface area (Å²) in [6.07, 6.45) is 0. The highest BCUT2D eigenvalue weighted by atomic mass is 79.9. The Kier molecular flexibility index (Phi) is 7.48. The Morgan fingerprint density at radius 1 is 1.03 bits per heavy atom. The fourth-order valence-corrected chi connectivity index (χ4v) is 6.15. The van der Waals surface area contributed by atoms with Gasteiger partial charge in [-0.25, -0.2) is 0 Å². The van der Waals surface area contributed by atoms with Gasteiger partial charge in [-0.15, -0.1) is 10.2 Å². The number of hydrogen-bond acceptors (Lipinski definition) is 7. The first-order chi connectivity index (χ1) is 17.8. The number of Topliss-reactive ketones (excluding diaryl/α,β-unsaturated/α-hetero) is 1. The van der Waals surface area contributed by atoms with Gasteiger partial charge < -0.3 is 5.11 Å². The fraction of sp³-hybridized carbons (Fsp3) is 0.111. The molecular weight excluding hydrogens is 594 g/mol. The third-order valence-corrected chi connectivity index (χ3v) is 8.74. The predicted octanol–water partition coefficient (Wildman–Crippen LogP) is 7.18. The van der Waals surface area contributed by atoms with E-state index in [0.717, 1.165) is 15.6 Å². The second-order valence-corrected chi connectivity index (χ2v) is 11.9. The number of nitrogens with zero attached hydrogens (tertiary/aromatic N) is 3. The zero-order chi connectivity index (χ0) is 26.1. The molecule has 0 spiro atoms. The van der Waals surface area contributed by atoms with Crippen molar-refractivity contribution in [2.24, 2.45) is 0 Å². The molecule has 1 N–H and O–H groups in total. The summed E-state index contributed by atoms with van der Waals surface area (Å²) in [7, 11) is 0. The van der Waals surface area contributed by atoms with E-state index in [9.17, 15) is 14.7 Å². The molecule has 4 aromatic rings. The van der Waals surface area contributed by atoms with E-state index in [4.69, 9.17) is 11.6 Å². The molecule has 10 heteroatoms. The highest BCUT2D eigenvalue weighted by Crippen LogP contribution is 2.44. The van der Waals surface area contributed by atoms with Crippen LogP contribution in [0.4, 0.5) is 5.13 Å². The van der Waals surface area contributed by atoms with Gasteiger partial charge in [0.1, 0.15) is 5.76 Å². The first-order valence-corrected chi connectivity index (χ1v) is 14.1. The Hall–Kier alpha value is -2.98. The molecule has 1 aliphatic heterocycles. The summed E-state index contributed by atoms with van der Waals surface area (Å²) in [4.78, 5) is 27.9. The number of amides is 1. The average Bonchev–Trinajstić information content (AvgIpc) is 3.46. The minimum absolute atomic E-state index is 0.0155. The van der Waals surface area contributed by atoms with Crippen molar-refractivity contribution >= 4 is 73.2 Å². The van der Waals surface area contributed by atoms with E-state index in [1.807, 2.05) is 55.5 Å². The molecule has 1 unspecified atom stereocenters. The SMILES string of the molecule is Cc1ccc(C2/C(=C(/O)c3ccc(Br)cc3)C(=O)C(=O)N2c2nnc(SCc3ccc(Cl)cc3)s2)cc1. The van der Waals surface area contributed by atoms with Gasteiger partial charge in [-0.05, 0) is 42.3 Å². The van der Waals surface area contributed by atoms with Crippen LogP contribution in [0, 0.1) is 6.92 Å². The smallest absolute Gasteiger partial charge is 0.301 e. The van der Waals surface area contributed by atoms with Crippen molar-refractivity contribution in [2.75, 3.05) is 4.90 Å². The number of halogens is 2. The van der Waals surface area contributed by atoms with Gasteiger partial charge in [0.2, 0.25) is 5.13 Å². The van der Waals surface area contributed by atoms with Crippen LogP contribution >= 0.6 is 50.6 Å². The summed E-state index contributed by atoms with van der Waals surface area (Å²) in [5.41, 5.74) is 3.25. The molecular formula is C27H19BrClN3O3S2. The number of rotatable bonds is 6. The minimum atomic E-state index is -0.841. The van der Waals surface area contributed by atoms with Crippen molar-refractivity contribution in [1.82, 2.24) is 10.2 Å². The molecule has 0 saturated carbocycles. The van der Waals surface area contributed by atoms with Crippen molar-refractivity contribution in [3.8, 4) is 0 Å². The molecule has 186 valence electrons. The Morgan fingerprint density at radius 2 is 1.70 bits per heavy atom. The number of hydrogen-bond donors (Lipinski definition) is 1. The molecule has 5 rings (SSSR count). The number of benzene rings is 3. The van der Waals surface area contributed by atoms with Gasteiger partial charge in [-0.1, -0.05) is 105 Å². The van der Waals surface area contributed by atoms with E-state index in [2.05, 4.69) is 26.1 Å². The lowest BCUT2D eigenvalue weighted by atomic mass is 9.95. The molecule has 6 nitrogen and oxygen atoms in total. The van der Waals surface area contributed by atoms with Gasteiger partial charge in [0.25, 0.3) is 5.78 Å². The van der Waals surface area contributed by atoms with Gasteiger partial charge in [0, 0.05) is 20.8 Å². The van der Waals surface area contributed by atoms with E-state index in [1.165, 1.54) is 28.0 Å². The van der Waals surface area contributed by atoms with Gasteiger partial charge in [0.05, 0.1) is 11.6 Å². The van der Waals surface area contributed by atoms with Crippen molar-refractivity contribution < 1.29 is 14.7 Å². The van der Waals surface area contributed by atoms with Crippen LogP contribution in [0.1, 0.15) is 28.3 Å². The third-order valence-electron chi connectivity index (χ3n) is 5.83. The van der Waals surface area contributed by atoms with Crippen LogP contribution in [0.3, 0.4) is 0 Å². The Morgan fingerprint density at radius 3 is 2.38 bits per heavy atom. The molecule has 0 bridgehead atoms. The van der Waals surface area contributed by atoms with Crippen LogP contribution < -0.4 is 4.90 Å². The quantitative estimate of drug-likeness (QED) is 0.0817. The molecule has 2 heterocycles. The second kappa shape index (κ2) is 10.8. The number of aromatic nitrogens is 2. The zero-order valence-electron chi connectivity index (χ0n) is 19.4. The number of aliphatic hydroxyl groups is 1. The summed E-state index contributed by atoms with van der Waals surface area (Å²) in [5.74, 6) is -1.11. The largest absolute Gasteiger partial charge is 0.507 e. The molecule has 1 atom stereocenters. The first-order valence-electron chi connectivity index (χ1n) is 11.2. The van der Waals surface area contributed by atoms with E-state index >= 15 is 0 Å². The highest BCUT2D eigenvalue weighted by Gasteiger charge is 2.48. The van der Waals surface area contributed by atoms with Crippen molar-refractivity contribution in [2.45, 2.75) is 23.1 Å². The molecule has 1 amide bonds. The Bertz CT molecular complexity index is 1500. The maximum Gasteiger partial charge on any atom is 0.301 e. The second-order valence-electron chi connectivity index (χ2n) is 8.35. The Labute approximate surface area is 235 Å². The number of carbonyl (C=O) groups is 2. The van der Waals surface area contributed by atoms with Crippen LogP contribution in [0.25, 0.3) is 5.76 Å². The lowest BCUT2D eigenvalue weighted by Gasteiger charge is -2.22. The minimum Gasteiger partial charge on any atom is -0.507 e. The maximum absolute atomic E-state index is 13.3.